The molecule has 17 heavy (non-hydrogen) atoms. The van der Waals surface area contributed by atoms with Crippen LogP contribution in [0.2, 0.25) is 0 Å². The molecule has 0 aromatic carbocycles. The van der Waals surface area contributed by atoms with Crippen LogP contribution in [-0.4, -0.2) is 33.5 Å². The molecular weight excluding hydrogens is 222 g/mol. The number of amides is 1. The second-order valence-electron chi connectivity index (χ2n) is 4.69. The third-order valence-electron chi connectivity index (χ3n) is 1.85. The Kier molecular flexibility index (Phi) is 3.88. The molecule has 1 aromatic rings. The number of hydrogen-bond donors (Lipinski definition) is 2. The van der Waals surface area contributed by atoms with E-state index in [1.54, 1.807) is 27.7 Å². The Morgan fingerprint density at radius 1 is 1.47 bits per heavy atom. The van der Waals surface area contributed by atoms with Crippen molar-refractivity contribution in [3.05, 3.63) is 18.2 Å². The molecule has 0 saturated carbocycles. The third kappa shape index (κ3) is 4.26. The van der Waals surface area contributed by atoms with Crippen molar-refractivity contribution in [1.29, 1.82) is 0 Å². The van der Waals surface area contributed by atoms with Crippen LogP contribution in [0.3, 0.4) is 0 Å². The predicted molar refractivity (Wildman–Crippen MR) is 61.4 cm³/mol. The van der Waals surface area contributed by atoms with Crippen molar-refractivity contribution < 1.29 is 14.3 Å². The van der Waals surface area contributed by atoms with Crippen molar-refractivity contribution in [3.63, 3.8) is 0 Å². The summed E-state index contributed by atoms with van der Waals surface area (Å²) in [6, 6.07) is -0.704. The van der Waals surface area contributed by atoms with Gasteiger partial charge in [0.1, 0.15) is 17.3 Å². The second kappa shape index (κ2) is 4.99. The average Bonchev–Trinajstić information content (AvgIpc) is 2.67. The first-order chi connectivity index (χ1) is 7.79. The van der Waals surface area contributed by atoms with Gasteiger partial charge in [0.15, 0.2) is 0 Å². The van der Waals surface area contributed by atoms with Gasteiger partial charge in [-0.15, -0.1) is 0 Å². The topological polar surface area (TPSA) is 84.1 Å². The summed E-state index contributed by atoms with van der Waals surface area (Å²) in [5.74, 6) is -0.855. The summed E-state index contributed by atoms with van der Waals surface area (Å²) in [5.41, 5.74) is -0.259. The van der Waals surface area contributed by atoms with E-state index >= 15 is 0 Å². The summed E-state index contributed by atoms with van der Waals surface area (Å²) in [5, 5.41) is 2.52. The molecule has 0 fully saturated rings. The Morgan fingerprint density at radius 3 is 2.59 bits per heavy atom. The van der Waals surface area contributed by atoms with Gasteiger partial charge in [-0.1, -0.05) is 0 Å². The fourth-order valence-electron chi connectivity index (χ4n) is 1.10. The summed E-state index contributed by atoms with van der Waals surface area (Å²) in [6.07, 6.45) is 2.78. The lowest BCUT2D eigenvalue weighted by molar-refractivity contribution is -0.156. The molecule has 0 aliphatic heterocycles. The normalized spacial score (nSPS) is 12.9. The summed E-state index contributed by atoms with van der Waals surface area (Å²) < 4.78 is 5.14. The van der Waals surface area contributed by atoms with Crippen molar-refractivity contribution in [2.45, 2.75) is 39.3 Å². The van der Waals surface area contributed by atoms with Gasteiger partial charge in [-0.25, -0.2) is 9.78 Å². The third-order valence-corrected chi connectivity index (χ3v) is 1.85. The maximum Gasteiger partial charge on any atom is 0.328 e. The molecule has 2 N–H and O–H groups in total. The number of nitrogens with zero attached hydrogens (tertiary/aromatic N) is 1. The molecule has 0 radical (unpaired) electrons. The molecule has 0 spiro atoms. The van der Waals surface area contributed by atoms with Crippen LogP contribution in [0.25, 0.3) is 0 Å². The van der Waals surface area contributed by atoms with Gasteiger partial charge in [-0.2, -0.15) is 0 Å². The minimum Gasteiger partial charge on any atom is -0.458 e. The van der Waals surface area contributed by atoms with Crippen molar-refractivity contribution in [2.24, 2.45) is 0 Å². The summed E-state index contributed by atoms with van der Waals surface area (Å²) in [7, 11) is 0. The zero-order valence-corrected chi connectivity index (χ0v) is 10.4. The van der Waals surface area contributed by atoms with Crippen molar-refractivity contribution in [2.75, 3.05) is 0 Å². The van der Waals surface area contributed by atoms with Gasteiger partial charge in [0.05, 0.1) is 12.5 Å². The van der Waals surface area contributed by atoms with Gasteiger partial charge >= 0.3 is 5.97 Å². The van der Waals surface area contributed by atoms with E-state index in [1.165, 1.54) is 12.5 Å². The first-order valence-corrected chi connectivity index (χ1v) is 5.31. The molecule has 1 rings (SSSR count). The van der Waals surface area contributed by atoms with Crippen LogP contribution in [0, 0.1) is 0 Å². The van der Waals surface area contributed by atoms with E-state index in [-0.39, 0.29) is 5.91 Å². The number of nitrogens with one attached hydrogen (secondary N) is 2. The van der Waals surface area contributed by atoms with Crippen LogP contribution in [0.1, 0.15) is 38.2 Å². The minimum atomic E-state index is -0.704. The Morgan fingerprint density at radius 2 is 2.12 bits per heavy atom. The maximum atomic E-state index is 11.6. The van der Waals surface area contributed by atoms with E-state index in [0.717, 1.165) is 0 Å². The number of aromatic amines is 1. The maximum absolute atomic E-state index is 11.6. The zero-order valence-electron chi connectivity index (χ0n) is 10.4. The predicted octanol–water partition coefficient (Wildman–Crippen LogP) is 0.870. The number of ether oxygens (including phenoxy) is 1. The highest BCUT2D eigenvalue weighted by molar-refractivity contribution is 5.94. The number of hydrogen-bond acceptors (Lipinski definition) is 4. The second-order valence-corrected chi connectivity index (χ2v) is 4.69. The highest BCUT2D eigenvalue weighted by Gasteiger charge is 2.23. The molecule has 0 unspecified atom stereocenters. The summed E-state index contributed by atoms with van der Waals surface area (Å²) in [4.78, 5) is 29.6. The smallest absolute Gasteiger partial charge is 0.328 e. The Bertz CT molecular complexity index is 393. The molecule has 6 heteroatoms. The van der Waals surface area contributed by atoms with Gasteiger partial charge in [0.2, 0.25) is 0 Å². The largest absolute Gasteiger partial charge is 0.458 e. The van der Waals surface area contributed by atoms with Crippen molar-refractivity contribution >= 4 is 11.9 Å². The van der Waals surface area contributed by atoms with Gasteiger partial charge in [-0.3, -0.25) is 4.79 Å². The van der Waals surface area contributed by atoms with Gasteiger partial charge in [-0.05, 0) is 27.7 Å². The van der Waals surface area contributed by atoms with E-state index in [4.69, 9.17) is 4.74 Å². The molecule has 1 heterocycles. The van der Waals surface area contributed by atoms with Gasteiger partial charge in [0, 0.05) is 0 Å². The number of imidazole rings is 1. The first kappa shape index (κ1) is 13.2. The number of rotatable bonds is 3. The fraction of sp³-hybridized carbons (Fsp3) is 0.545. The lowest BCUT2D eigenvalue weighted by Gasteiger charge is -2.22. The van der Waals surface area contributed by atoms with Crippen LogP contribution in [0.15, 0.2) is 12.5 Å². The van der Waals surface area contributed by atoms with Gasteiger partial charge < -0.3 is 15.0 Å². The number of esters is 1. The van der Waals surface area contributed by atoms with Crippen LogP contribution in [0.5, 0.6) is 0 Å². The van der Waals surface area contributed by atoms with Crippen LogP contribution >= 0.6 is 0 Å². The lowest BCUT2D eigenvalue weighted by atomic mass is 10.2. The van der Waals surface area contributed by atoms with E-state index < -0.39 is 17.6 Å². The zero-order chi connectivity index (χ0) is 13.1. The molecule has 1 amide bonds. The van der Waals surface area contributed by atoms with E-state index in [1.807, 2.05) is 0 Å². The van der Waals surface area contributed by atoms with Crippen molar-refractivity contribution in [3.8, 4) is 0 Å². The number of aromatic nitrogens is 2. The number of H-pyrrole nitrogens is 1. The highest BCUT2D eigenvalue weighted by atomic mass is 16.6. The minimum absolute atomic E-state index is 0.306. The molecule has 0 saturated heterocycles. The molecule has 94 valence electrons. The molecule has 0 aliphatic rings. The molecule has 0 bridgehead atoms. The molecular formula is C11H17N3O3. The van der Waals surface area contributed by atoms with Crippen LogP contribution in [0.4, 0.5) is 0 Å². The summed E-state index contributed by atoms with van der Waals surface area (Å²) in [6.45, 7) is 6.89. The Balaban J connectivity index is 2.52. The molecule has 6 nitrogen and oxygen atoms in total. The van der Waals surface area contributed by atoms with E-state index in [9.17, 15) is 9.59 Å². The van der Waals surface area contributed by atoms with E-state index in [2.05, 4.69) is 15.3 Å². The number of carbonyl (C=O) groups is 2. The van der Waals surface area contributed by atoms with Gasteiger partial charge in [0.25, 0.3) is 5.91 Å². The highest BCUT2D eigenvalue weighted by Crippen LogP contribution is 2.08. The fourth-order valence-corrected chi connectivity index (χ4v) is 1.10. The number of carbonyl (C=O) groups excluding carboxylic acids is 2. The molecule has 1 aromatic heterocycles. The van der Waals surface area contributed by atoms with E-state index in [0.29, 0.717) is 5.69 Å². The standard InChI is InChI=1S/C11H17N3O3/c1-7(10(16)17-11(2,3)4)14-9(15)8-5-12-6-13-8/h5-7H,1-4H3,(H,12,13)(H,14,15)/t7-/m0/s1. The van der Waals surface area contributed by atoms with Crippen LogP contribution in [-0.2, 0) is 9.53 Å². The van der Waals surface area contributed by atoms with Crippen LogP contribution < -0.4 is 5.32 Å². The Labute approximate surface area is 99.8 Å². The first-order valence-electron chi connectivity index (χ1n) is 5.31. The summed E-state index contributed by atoms with van der Waals surface area (Å²) >= 11 is 0. The lowest BCUT2D eigenvalue weighted by Crippen LogP contribution is -2.42. The average molecular weight is 239 g/mol. The van der Waals surface area contributed by atoms with Crippen molar-refractivity contribution in [1.82, 2.24) is 15.3 Å². The SMILES string of the molecule is C[C@H](NC(=O)c1cnc[nH]1)C(=O)OC(C)(C)C. The monoisotopic (exact) mass is 239 g/mol. The Hall–Kier alpha value is -1.85. The molecule has 0 aliphatic carbocycles. The molecule has 1 atom stereocenters. The quantitative estimate of drug-likeness (QED) is 0.766.